The van der Waals surface area contributed by atoms with Gasteiger partial charge in [0.05, 0.1) is 4.92 Å². The third-order valence-corrected chi connectivity index (χ3v) is 5.29. The molecule has 160 valence electrons. The maximum Gasteiger partial charge on any atom is 0.353 e. The highest BCUT2D eigenvalue weighted by Crippen LogP contribution is 2.30. The zero-order valence-electron chi connectivity index (χ0n) is 17.1. The van der Waals surface area contributed by atoms with Gasteiger partial charge in [-0.3, -0.25) is 15.0 Å². The number of aromatic nitrogens is 2. The Bertz CT molecular complexity index is 1020. The predicted octanol–water partition coefficient (Wildman–Crippen LogP) is 2.90. The summed E-state index contributed by atoms with van der Waals surface area (Å²) < 4.78 is 0. The van der Waals surface area contributed by atoms with Crippen LogP contribution in [0.25, 0.3) is 0 Å². The number of nitrogens with zero attached hydrogens (tertiary/aromatic N) is 5. The summed E-state index contributed by atoms with van der Waals surface area (Å²) in [6.07, 6.45) is 0. The molecule has 0 bridgehead atoms. The van der Waals surface area contributed by atoms with Crippen LogP contribution in [-0.4, -0.2) is 46.0 Å². The maximum absolute atomic E-state index is 11.5. The van der Waals surface area contributed by atoms with Gasteiger partial charge in [-0.2, -0.15) is 9.97 Å². The van der Waals surface area contributed by atoms with E-state index < -0.39 is 4.92 Å². The number of nitrogens with one attached hydrogen (secondary N) is 1. The Morgan fingerprint density at radius 2 is 1.55 bits per heavy atom. The summed E-state index contributed by atoms with van der Waals surface area (Å²) in [7, 11) is 0. The molecule has 1 aromatic heterocycles. The predicted molar refractivity (Wildman–Crippen MR) is 121 cm³/mol. The summed E-state index contributed by atoms with van der Waals surface area (Å²) in [5.41, 5.74) is 7.94. The molecule has 0 amide bonds. The first kappa shape index (κ1) is 20.5. The topological polar surface area (TPSA) is 113 Å². The van der Waals surface area contributed by atoms with E-state index in [2.05, 4.69) is 32.3 Å². The average Bonchev–Trinajstić information content (AvgIpc) is 2.79. The van der Waals surface area contributed by atoms with Crippen molar-refractivity contribution in [3.05, 3.63) is 81.9 Å². The lowest BCUT2D eigenvalue weighted by atomic mass is 10.2. The molecule has 3 N–H and O–H groups in total. The Hall–Kier alpha value is -3.72. The number of piperazine rings is 1. The van der Waals surface area contributed by atoms with Crippen molar-refractivity contribution in [2.75, 3.05) is 42.1 Å². The minimum atomic E-state index is -0.537. The molecular weight excluding hydrogens is 394 g/mol. The maximum atomic E-state index is 11.5. The zero-order valence-corrected chi connectivity index (χ0v) is 17.1. The Kier molecular flexibility index (Phi) is 6.23. The van der Waals surface area contributed by atoms with Crippen molar-refractivity contribution in [2.24, 2.45) is 0 Å². The standard InChI is InChI=1S/C22H25N7O2/c23-20-19(29(30)31)21(24-15-17-7-3-1-4-8-17)26-22(25-20)28-13-11-27(12-14-28)16-18-9-5-2-6-10-18/h1-10H,11-16H2,(H3,23,24,25,26). The van der Waals surface area contributed by atoms with Crippen LogP contribution in [-0.2, 0) is 13.1 Å². The van der Waals surface area contributed by atoms with Gasteiger partial charge < -0.3 is 16.0 Å². The minimum Gasteiger partial charge on any atom is -0.378 e. The second-order valence-electron chi connectivity index (χ2n) is 7.45. The molecule has 1 aliphatic rings. The summed E-state index contributed by atoms with van der Waals surface area (Å²) in [5.74, 6) is 0.429. The number of benzene rings is 2. The summed E-state index contributed by atoms with van der Waals surface area (Å²) in [4.78, 5) is 24.1. The van der Waals surface area contributed by atoms with Gasteiger partial charge >= 0.3 is 5.69 Å². The van der Waals surface area contributed by atoms with Gasteiger partial charge in [0.15, 0.2) is 0 Å². The minimum absolute atomic E-state index is 0.128. The number of hydrogen-bond acceptors (Lipinski definition) is 8. The Morgan fingerprint density at radius 3 is 2.16 bits per heavy atom. The number of nitrogen functional groups attached to an aromatic ring is 1. The fourth-order valence-electron chi connectivity index (χ4n) is 3.63. The van der Waals surface area contributed by atoms with Crippen LogP contribution in [0.15, 0.2) is 60.7 Å². The summed E-state index contributed by atoms with van der Waals surface area (Å²) in [6.45, 7) is 4.44. The molecule has 0 saturated carbocycles. The third-order valence-electron chi connectivity index (χ3n) is 5.29. The monoisotopic (exact) mass is 419 g/mol. The van der Waals surface area contributed by atoms with E-state index in [0.717, 1.165) is 38.3 Å². The fourth-order valence-corrected chi connectivity index (χ4v) is 3.63. The van der Waals surface area contributed by atoms with E-state index in [9.17, 15) is 10.1 Å². The van der Waals surface area contributed by atoms with Crippen LogP contribution < -0.4 is 16.0 Å². The smallest absolute Gasteiger partial charge is 0.353 e. The molecule has 1 fully saturated rings. The highest BCUT2D eigenvalue weighted by Gasteiger charge is 2.26. The van der Waals surface area contributed by atoms with Gasteiger partial charge in [0, 0.05) is 39.3 Å². The van der Waals surface area contributed by atoms with Gasteiger partial charge in [0.25, 0.3) is 0 Å². The molecule has 0 spiro atoms. The van der Waals surface area contributed by atoms with E-state index in [1.54, 1.807) is 0 Å². The number of nitro groups is 1. The van der Waals surface area contributed by atoms with Crippen LogP contribution in [0.1, 0.15) is 11.1 Å². The molecule has 1 saturated heterocycles. The Morgan fingerprint density at radius 1 is 0.935 bits per heavy atom. The molecule has 0 atom stereocenters. The van der Waals surface area contributed by atoms with Crippen LogP contribution in [0.5, 0.6) is 0 Å². The first-order valence-electron chi connectivity index (χ1n) is 10.2. The molecule has 9 heteroatoms. The SMILES string of the molecule is Nc1nc(N2CCN(Cc3ccccc3)CC2)nc(NCc2ccccc2)c1[N+](=O)[O-]. The van der Waals surface area contributed by atoms with Crippen molar-refractivity contribution in [3.8, 4) is 0 Å². The average molecular weight is 419 g/mol. The normalized spacial score (nSPS) is 14.4. The van der Waals surface area contributed by atoms with Gasteiger partial charge in [-0.1, -0.05) is 60.7 Å². The number of nitrogens with two attached hydrogens (primary N) is 1. The molecule has 0 unspecified atom stereocenters. The van der Waals surface area contributed by atoms with Gasteiger partial charge in [-0.05, 0) is 11.1 Å². The van der Waals surface area contributed by atoms with Crippen molar-refractivity contribution in [1.82, 2.24) is 14.9 Å². The van der Waals surface area contributed by atoms with E-state index in [0.29, 0.717) is 12.5 Å². The number of hydrogen-bond donors (Lipinski definition) is 2. The lowest BCUT2D eigenvalue weighted by molar-refractivity contribution is -0.383. The lowest BCUT2D eigenvalue weighted by Crippen LogP contribution is -2.46. The molecule has 1 aliphatic heterocycles. The van der Waals surface area contributed by atoms with Gasteiger partial charge in [0.2, 0.25) is 17.6 Å². The zero-order chi connectivity index (χ0) is 21.6. The highest BCUT2D eigenvalue weighted by molar-refractivity contribution is 5.70. The van der Waals surface area contributed by atoms with E-state index >= 15 is 0 Å². The van der Waals surface area contributed by atoms with E-state index in [1.165, 1.54) is 5.56 Å². The Balaban J connectivity index is 1.47. The Labute approximate surface area is 180 Å². The molecule has 3 aromatic rings. The van der Waals surface area contributed by atoms with Gasteiger partial charge in [-0.25, -0.2) is 0 Å². The first-order valence-corrected chi connectivity index (χ1v) is 10.2. The van der Waals surface area contributed by atoms with Crippen molar-refractivity contribution in [3.63, 3.8) is 0 Å². The molecule has 31 heavy (non-hydrogen) atoms. The second kappa shape index (κ2) is 9.40. The highest BCUT2D eigenvalue weighted by atomic mass is 16.6. The van der Waals surface area contributed by atoms with Crippen molar-refractivity contribution < 1.29 is 4.92 Å². The van der Waals surface area contributed by atoms with E-state index in [4.69, 9.17) is 5.73 Å². The van der Waals surface area contributed by atoms with Crippen LogP contribution >= 0.6 is 0 Å². The van der Waals surface area contributed by atoms with E-state index in [-0.39, 0.29) is 17.3 Å². The summed E-state index contributed by atoms with van der Waals surface area (Å²) >= 11 is 0. The fraction of sp³-hybridized carbons (Fsp3) is 0.273. The lowest BCUT2D eigenvalue weighted by Gasteiger charge is -2.34. The third kappa shape index (κ3) is 5.07. The molecule has 0 aliphatic carbocycles. The van der Waals surface area contributed by atoms with Crippen molar-refractivity contribution in [2.45, 2.75) is 13.1 Å². The largest absolute Gasteiger partial charge is 0.378 e. The second-order valence-corrected chi connectivity index (χ2v) is 7.45. The van der Waals surface area contributed by atoms with Crippen molar-refractivity contribution >= 4 is 23.3 Å². The molecular formula is C22H25N7O2. The van der Waals surface area contributed by atoms with Crippen molar-refractivity contribution in [1.29, 1.82) is 0 Å². The molecule has 9 nitrogen and oxygen atoms in total. The van der Waals surface area contributed by atoms with E-state index in [1.807, 2.05) is 53.4 Å². The van der Waals surface area contributed by atoms with Crippen LogP contribution in [0.4, 0.5) is 23.3 Å². The van der Waals surface area contributed by atoms with Crippen LogP contribution in [0.3, 0.4) is 0 Å². The summed E-state index contributed by atoms with van der Waals surface area (Å²) in [6, 6.07) is 20.0. The number of rotatable bonds is 7. The van der Waals surface area contributed by atoms with Gasteiger partial charge in [-0.15, -0.1) is 0 Å². The molecule has 2 heterocycles. The number of anilines is 3. The van der Waals surface area contributed by atoms with Crippen LogP contribution in [0, 0.1) is 10.1 Å². The molecule has 0 radical (unpaired) electrons. The summed E-state index contributed by atoms with van der Waals surface area (Å²) in [5, 5.41) is 14.6. The first-order chi connectivity index (χ1) is 15.1. The van der Waals surface area contributed by atoms with Gasteiger partial charge in [0.1, 0.15) is 0 Å². The quantitative estimate of drug-likeness (QED) is 0.444. The molecule has 4 rings (SSSR count). The van der Waals surface area contributed by atoms with Crippen LogP contribution in [0.2, 0.25) is 0 Å². The molecule has 2 aromatic carbocycles.